The van der Waals surface area contributed by atoms with Gasteiger partial charge in [-0.25, -0.2) is 4.39 Å². The summed E-state index contributed by atoms with van der Waals surface area (Å²) in [4.78, 5) is 11.9. The van der Waals surface area contributed by atoms with Crippen LogP contribution in [0.25, 0.3) is 11.3 Å². The number of halogens is 1. The number of aromatic nitrogens is 1. The van der Waals surface area contributed by atoms with Gasteiger partial charge in [0.1, 0.15) is 5.00 Å². The lowest BCUT2D eigenvalue weighted by atomic mass is 10.1. The average molecular weight is 306 g/mol. The molecule has 1 aliphatic rings. The lowest BCUT2D eigenvalue weighted by Crippen LogP contribution is -2.13. The molecule has 4 nitrogen and oxygen atoms in total. The molecular weight excluding hydrogens is 291 g/mol. The number of amides is 1. The maximum Gasteiger partial charge on any atom is 0.228 e. The first kappa shape index (κ1) is 14.0. The standard InChI is InChI=1S/C15H15FN2O2S/c1-8-5-10(8)15(19)17-14-7-12(18-21-14)9-3-4-13(20-2)11(16)6-9/h3-4,6-8,10H,5H2,1-2H3,(H,17,19). The van der Waals surface area contributed by atoms with Crippen molar-refractivity contribution in [2.24, 2.45) is 11.8 Å². The van der Waals surface area contributed by atoms with Crippen molar-refractivity contribution < 1.29 is 13.9 Å². The van der Waals surface area contributed by atoms with E-state index < -0.39 is 5.82 Å². The number of benzene rings is 1. The highest BCUT2D eigenvalue weighted by Crippen LogP contribution is 2.39. The Morgan fingerprint density at radius 2 is 2.24 bits per heavy atom. The summed E-state index contributed by atoms with van der Waals surface area (Å²) in [6.07, 6.45) is 0.946. The van der Waals surface area contributed by atoms with Gasteiger partial charge in [0, 0.05) is 17.5 Å². The molecule has 0 bridgehead atoms. The minimum atomic E-state index is -0.430. The molecule has 1 aromatic carbocycles. The molecule has 0 aliphatic heterocycles. The second-order valence-electron chi connectivity index (χ2n) is 5.23. The molecule has 1 aromatic heterocycles. The van der Waals surface area contributed by atoms with E-state index in [4.69, 9.17) is 4.74 Å². The number of anilines is 1. The molecule has 3 rings (SSSR count). The second kappa shape index (κ2) is 5.44. The van der Waals surface area contributed by atoms with E-state index in [2.05, 4.69) is 16.6 Å². The minimum absolute atomic E-state index is 0.0404. The van der Waals surface area contributed by atoms with Crippen LogP contribution >= 0.6 is 11.5 Å². The van der Waals surface area contributed by atoms with Crippen LogP contribution in [0.2, 0.25) is 0 Å². The summed E-state index contributed by atoms with van der Waals surface area (Å²) in [7, 11) is 1.42. The zero-order valence-electron chi connectivity index (χ0n) is 11.7. The number of ether oxygens (including phenoxy) is 1. The van der Waals surface area contributed by atoms with Crippen molar-refractivity contribution in [3.05, 3.63) is 30.1 Å². The van der Waals surface area contributed by atoms with Crippen LogP contribution in [-0.4, -0.2) is 17.4 Å². The van der Waals surface area contributed by atoms with Gasteiger partial charge in [0.25, 0.3) is 0 Å². The summed E-state index contributed by atoms with van der Waals surface area (Å²) in [6, 6.07) is 6.44. The van der Waals surface area contributed by atoms with Crippen LogP contribution in [0.5, 0.6) is 5.75 Å². The van der Waals surface area contributed by atoms with Crippen LogP contribution in [0, 0.1) is 17.7 Å². The van der Waals surface area contributed by atoms with Crippen LogP contribution in [0.3, 0.4) is 0 Å². The number of rotatable bonds is 4. The predicted molar refractivity (Wildman–Crippen MR) is 80.0 cm³/mol. The fourth-order valence-electron chi connectivity index (χ4n) is 2.20. The Kier molecular flexibility index (Phi) is 3.63. The van der Waals surface area contributed by atoms with Gasteiger partial charge in [0.15, 0.2) is 11.6 Å². The molecule has 21 heavy (non-hydrogen) atoms. The van der Waals surface area contributed by atoms with E-state index in [1.165, 1.54) is 24.7 Å². The molecule has 110 valence electrons. The van der Waals surface area contributed by atoms with E-state index in [0.29, 0.717) is 22.2 Å². The molecule has 0 saturated heterocycles. The van der Waals surface area contributed by atoms with Crippen molar-refractivity contribution in [1.29, 1.82) is 0 Å². The lowest BCUT2D eigenvalue weighted by Gasteiger charge is -2.03. The molecule has 0 spiro atoms. The first-order valence-corrected chi connectivity index (χ1v) is 7.47. The Hall–Kier alpha value is -1.95. The van der Waals surface area contributed by atoms with Crippen LogP contribution in [0.15, 0.2) is 24.3 Å². The van der Waals surface area contributed by atoms with Gasteiger partial charge in [-0.2, -0.15) is 4.37 Å². The fraction of sp³-hybridized carbons (Fsp3) is 0.333. The SMILES string of the molecule is COc1ccc(-c2cc(NC(=O)C3CC3C)sn2)cc1F. The van der Waals surface area contributed by atoms with Crippen LogP contribution in [0.4, 0.5) is 9.39 Å². The number of carbonyl (C=O) groups is 1. The summed E-state index contributed by atoms with van der Waals surface area (Å²) >= 11 is 1.20. The molecule has 6 heteroatoms. The third-order valence-corrected chi connectivity index (χ3v) is 4.35. The average Bonchev–Trinajstić information content (AvgIpc) is 3.02. The van der Waals surface area contributed by atoms with Gasteiger partial charge in [0.05, 0.1) is 12.8 Å². The van der Waals surface area contributed by atoms with Gasteiger partial charge in [-0.1, -0.05) is 6.92 Å². The largest absolute Gasteiger partial charge is 0.494 e. The molecule has 1 fully saturated rings. The zero-order valence-corrected chi connectivity index (χ0v) is 12.5. The third-order valence-electron chi connectivity index (χ3n) is 3.65. The van der Waals surface area contributed by atoms with Gasteiger partial charge >= 0.3 is 0 Å². The lowest BCUT2D eigenvalue weighted by molar-refractivity contribution is -0.117. The fourth-order valence-corrected chi connectivity index (χ4v) is 2.86. The Labute approximate surface area is 126 Å². The first-order chi connectivity index (χ1) is 10.1. The molecule has 1 heterocycles. The molecule has 1 amide bonds. The van der Waals surface area contributed by atoms with Gasteiger partial charge < -0.3 is 10.1 Å². The summed E-state index contributed by atoms with van der Waals surface area (Å²) < 4.78 is 22.8. The summed E-state index contributed by atoms with van der Waals surface area (Å²) in [5.74, 6) is 0.395. The molecule has 1 N–H and O–H groups in total. The quantitative estimate of drug-likeness (QED) is 0.939. The molecule has 1 saturated carbocycles. The maximum atomic E-state index is 13.7. The van der Waals surface area contributed by atoms with Gasteiger partial charge in [0.2, 0.25) is 5.91 Å². The van der Waals surface area contributed by atoms with Crippen LogP contribution in [-0.2, 0) is 4.79 Å². The second-order valence-corrected chi connectivity index (χ2v) is 6.04. The summed E-state index contributed by atoms with van der Waals surface area (Å²) in [5.41, 5.74) is 1.30. The molecule has 2 atom stereocenters. The molecule has 2 aromatic rings. The monoisotopic (exact) mass is 306 g/mol. The highest BCUT2D eigenvalue weighted by Gasteiger charge is 2.39. The number of nitrogens with zero attached hydrogens (tertiary/aromatic N) is 1. The Morgan fingerprint density at radius 1 is 1.48 bits per heavy atom. The van der Waals surface area contributed by atoms with Gasteiger partial charge in [-0.05, 0) is 42.1 Å². The topological polar surface area (TPSA) is 51.2 Å². The normalized spacial score (nSPS) is 20.1. The smallest absolute Gasteiger partial charge is 0.228 e. The predicted octanol–water partition coefficient (Wildman–Crippen LogP) is 3.55. The number of nitrogens with one attached hydrogen (secondary N) is 1. The highest BCUT2D eigenvalue weighted by molar-refractivity contribution is 7.10. The van der Waals surface area contributed by atoms with E-state index in [1.54, 1.807) is 18.2 Å². The Bertz CT molecular complexity index is 686. The van der Waals surface area contributed by atoms with Crippen molar-refractivity contribution in [2.75, 3.05) is 12.4 Å². The van der Waals surface area contributed by atoms with Crippen molar-refractivity contribution in [3.63, 3.8) is 0 Å². The third kappa shape index (κ3) is 2.90. The Balaban J connectivity index is 1.75. The van der Waals surface area contributed by atoms with Crippen molar-refractivity contribution in [3.8, 4) is 17.0 Å². The maximum absolute atomic E-state index is 13.7. The number of hydrogen-bond donors (Lipinski definition) is 1. The van der Waals surface area contributed by atoms with E-state index in [-0.39, 0.29) is 17.6 Å². The molecule has 0 radical (unpaired) electrons. The van der Waals surface area contributed by atoms with Crippen LogP contribution < -0.4 is 10.1 Å². The van der Waals surface area contributed by atoms with E-state index in [9.17, 15) is 9.18 Å². The van der Waals surface area contributed by atoms with Crippen molar-refractivity contribution in [1.82, 2.24) is 4.37 Å². The first-order valence-electron chi connectivity index (χ1n) is 6.70. The molecule has 2 unspecified atom stereocenters. The summed E-state index contributed by atoms with van der Waals surface area (Å²) in [5, 5.41) is 3.55. The number of hydrogen-bond acceptors (Lipinski definition) is 4. The summed E-state index contributed by atoms with van der Waals surface area (Å²) in [6.45, 7) is 2.06. The van der Waals surface area contributed by atoms with Gasteiger partial charge in [-0.15, -0.1) is 0 Å². The van der Waals surface area contributed by atoms with Crippen LogP contribution in [0.1, 0.15) is 13.3 Å². The van der Waals surface area contributed by atoms with Crippen molar-refractivity contribution >= 4 is 22.4 Å². The van der Waals surface area contributed by atoms with E-state index in [1.807, 2.05) is 0 Å². The minimum Gasteiger partial charge on any atom is -0.494 e. The van der Waals surface area contributed by atoms with E-state index >= 15 is 0 Å². The van der Waals surface area contributed by atoms with Crippen molar-refractivity contribution in [2.45, 2.75) is 13.3 Å². The molecule has 1 aliphatic carbocycles. The van der Waals surface area contributed by atoms with Gasteiger partial charge in [-0.3, -0.25) is 4.79 Å². The number of methoxy groups -OCH3 is 1. The van der Waals surface area contributed by atoms with E-state index in [0.717, 1.165) is 6.42 Å². The Morgan fingerprint density at radius 3 is 2.86 bits per heavy atom. The highest BCUT2D eigenvalue weighted by atomic mass is 32.1. The number of carbonyl (C=O) groups excluding carboxylic acids is 1. The molecular formula is C15H15FN2O2S. The zero-order chi connectivity index (χ0) is 15.0.